The molecule has 2 atom stereocenters. The molecule has 0 heterocycles. The van der Waals surface area contributed by atoms with E-state index in [1.807, 2.05) is 21.1 Å². The van der Waals surface area contributed by atoms with Gasteiger partial charge in [-0.1, -0.05) is 247 Å². The van der Waals surface area contributed by atoms with Crippen LogP contribution < -0.4 is 0 Å². The van der Waals surface area contributed by atoms with E-state index in [-0.39, 0.29) is 38.6 Å². The third kappa shape index (κ3) is 65.5. The van der Waals surface area contributed by atoms with Crippen molar-refractivity contribution in [2.75, 3.05) is 47.5 Å². The lowest BCUT2D eigenvalue weighted by atomic mass is 10.1. The molecule has 474 valence electrons. The summed E-state index contributed by atoms with van der Waals surface area (Å²) in [5.74, 6) is -2.09. The summed E-state index contributed by atoms with van der Waals surface area (Å²) < 4.78 is 22.9. The number of carbonyl (C=O) groups is 3. The highest BCUT2D eigenvalue weighted by molar-refractivity contribution is 5.71. The van der Waals surface area contributed by atoms with Gasteiger partial charge in [0.1, 0.15) is 13.2 Å². The van der Waals surface area contributed by atoms with Gasteiger partial charge in [-0.15, -0.1) is 0 Å². The summed E-state index contributed by atoms with van der Waals surface area (Å²) in [7, 11) is 5.94. The Bertz CT molecular complexity index is 2090. The van der Waals surface area contributed by atoms with Gasteiger partial charge in [-0.3, -0.25) is 9.59 Å². The first-order valence-corrected chi connectivity index (χ1v) is 32.6. The Morgan fingerprint density at radius 1 is 0.353 bits per heavy atom. The predicted octanol–water partition coefficient (Wildman–Crippen LogP) is 20.2. The van der Waals surface area contributed by atoms with Gasteiger partial charge in [0.2, 0.25) is 0 Å². The maximum atomic E-state index is 12.9. The molecule has 0 saturated carbocycles. The molecule has 9 nitrogen and oxygen atoms in total. The van der Waals surface area contributed by atoms with Gasteiger partial charge < -0.3 is 28.5 Å². The average molecular weight is 1170 g/mol. The molecule has 1 N–H and O–H groups in total. The van der Waals surface area contributed by atoms with E-state index in [0.717, 1.165) is 167 Å². The van der Waals surface area contributed by atoms with Gasteiger partial charge in [-0.05, 0) is 141 Å². The summed E-state index contributed by atoms with van der Waals surface area (Å²) in [4.78, 5) is 37.6. The van der Waals surface area contributed by atoms with Gasteiger partial charge in [0, 0.05) is 12.8 Å². The van der Waals surface area contributed by atoms with Crippen LogP contribution in [0, 0.1) is 0 Å². The number of aliphatic carboxylic acids is 1. The second-order valence-electron chi connectivity index (χ2n) is 22.0. The van der Waals surface area contributed by atoms with Crippen LogP contribution in [0.15, 0.2) is 194 Å². The molecular formula is C76H118NO8+. The number of likely N-dealkylation sites (N-methyl/N-ethyl adjacent to an activating group) is 1. The first-order chi connectivity index (χ1) is 41.6. The smallest absolute Gasteiger partial charge is 0.361 e. The fourth-order valence-corrected chi connectivity index (χ4v) is 7.93. The van der Waals surface area contributed by atoms with Crippen LogP contribution in [0.25, 0.3) is 0 Å². The molecule has 0 spiro atoms. The number of hydrogen-bond acceptors (Lipinski definition) is 7. The maximum Gasteiger partial charge on any atom is 0.361 e. The number of unbranched alkanes of at least 4 members (excludes halogenated alkanes) is 10. The number of carboxylic acid groups (broad SMARTS) is 1. The van der Waals surface area contributed by atoms with Crippen LogP contribution in [-0.2, 0) is 33.3 Å². The topological polar surface area (TPSA) is 108 Å². The summed E-state index contributed by atoms with van der Waals surface area (Å²) in [5.41, 5.74) is 0. The van der Waals surface area contributed by atoms with Crippen LogP contribution in [0.4, 0.5) is 0 Å². The van der Waals surface area contributed by atoms with Crippen molar-refractivity contribution in [1.82, 2.24) is 0 Å². The number of carboxylic acids is 1. The molecule has 0 fully saturated rings. The van der Waals surface area contributed by atoms with Crippen molar-refractivity contribution in [3.8, 4) is 0 Å². The van der Waals surface area contributed by atoms with Crippen molar-refractivity contribution < 1.29 is 42.9 Å². The van der Waals surface area contributed by atoms with Crippen molar-refractivity contribution in [1.29, 1.82) is 0 Å². The summed E-state index contributed by atoms with van der Waals surface area (Å²) in [6.07, 6.45) is 96.6. The van der Waals surface area contributed by atoms with E-state index >= 15 is 0 Å². The number of carbonyl (C=O) groups excluding carboxylic acids is 2. The van der Waals surface area contributed by atoms with Crippen LogP contribution in [0.3, 0.4) is 0 Å². The Kier molecular flexibility index (Phi) is 59.7. The molecule has 9 heteroatoms. The second-order valence-corrected chi connectivity index (χ2v) is 22.0. The van der Waals surface area contributed by atoms with Gasteiger partial charge in [-0.2, -0.15) is 0 Å². The Morgan fingerprint density at radius 3 is 0.941 bits per heavy atom. The number of hydrogen-bond donors (Lipinski definition) is 1. The number of rotatable bonds is 57. The van der Waals surface area contributed by atoms with Crippen molar-refractivity contribution in [2.45, 2.75) is 219 Å². The molecule has 85 heavy (non-hydrogen) atoms. The van der Waals surface area contributed by atoms with Crippen LogP contribution in [-0.4, -0.2) is 87.4 Å². The minimum atomic E-state index is -1.54. The zero-order chi connectivity index (χ0) is 61.9. The number of nitrogens with zero attached hydrogens (tertiary/aromatic N) is 1. The van der Waals surface area contributed by atoms with E-state index in [9.17, 15) is 19.5 Å². The van der Waals surface area contributed by atoms with Crippen LogP contribution >= 0.6 is 0 Å². The van der Waals surface area contributed by atoms with Crippen molar-refractivity contribution >= 4 is 17.9 Å². The normalized spacial score (nSPS) is 14.0. The fourth-order valence-electron chi connectivity index (χ4n) is 7.93. The largest absolute Gasteiger partial charge is 0.477 e. The number of ether oxygens (including phenoxy) is 4. The van der Waals surface area contributed by atoms with E-state index < -0.39 is 24.3 Å². The van der Waals surface area contributed by atoms with Gasteiger partial charge in [0.25, 0.3) is 6.29 Å². The minimum absolute atomic E-state index is 0.167. The molecule has 0 aliphatic carbocycles. The third-order valence-corrected chi connectivity index (χ3v) is 12.8. The number of esters is 2. The Labute approximate surface area is 519 Å². The average Bonchev–Trinajstić information content (AvgIpc) is 3.48. The molecule has 0 aromatic heterocycles. The first-order valence-electron chi connectivity index (χ1n) is 32.6. The van der Waals surface area contributed by atoms with Crippen LogP contribution in [0.5, 0.6) is 0 Å². The van der Waals surface area contributed by atoms with Crippen LogP contribution in [0.1, 0.15) is 206 Å². The lowest BCUT2D eigenvalue weighted by Crippen LogP contribution is -2.40. The van der Waals surface area contributed by atoms with E-state index in [4.69, 9.17) is 18.9 Å². The lowest BCUT2D eigenvalue weighted by molar-refractivity contribution is -0.870. The van der Waals surface area contributed by atoms with Gasteiger partial charge in [0.15, 0.2) is 6.10 Å². The summed E-state index contributed by atoms with van der Waals surface area (Å²) >= 11 is 0. The van der Waals surface area contributed by atoms with Crippen molar-refractivity contribution in [2.24, 2.45) is 0 Å². The molecular weight excluding hydrogens is 1050 g/mol. The van der Waals surface area contributed by atoms with Gasteiger partial charge in [0.05, 0.1) is 34.4 Å². The summed E-state index contributed by atoms with van der Waals surface area (Å²) in [5, 5.41) is 9.73. The molecule has 0 aromatic rings. The monoisotopic (exact) mass is 1170 g/mol. The van der Waals surface area contributed by atoms with E-state index in [2.05, 4.69) is 208 Å². The molecule has 0 bridgehead atoms. The maximum absolute atomic E-state index is 12.9. The van der Waals surface area contributed by atoms with E-state index in [1.165, 1.54) is 0 Å². The summed E-state index contributed by atoms with van der Waals surface area (Å²) in [6, 6.07) is 0. The molecule has 0 aromatic carbocycles. The standard InChI is InChI=1S/C76H117NO8/c1-6-8-10-12-14-16-18-20-22-24-26-28-30-32-33-34-35-36-37-38-39-40-41-43-45-47-49-51-53-55-57-59-61-63-65-67-74(79)85-72(71-84-76(75(80)81)82-69-68-77(3,4)5)70-83-73(78)66-64-62-60-58-56-54-52-50-48-46-44-42-31-29-27-25-23-21-19-17-15-13-11-9-7-2/h8-11,14-17,20-23,26-29,32-33,35-36,38-39,41-44,47-50,53,55,72,76H,6-7,12-13,18-19,24-25,30-31,34,37,40,45-46,51-52,54,56-71H2,1-5H3/p+1/b10-8-,11-9-,16-14-,17-15-,22-20-,23-21-,28-26-,29-27-,33-32-,36-35-,39-38-,43-41-,44-42-,49-47-,50-48-,55-53-. The fraction of sp³-hybridized carbons (Fsp3) is 0.539. The Morgan fingerprint density at radius 2 is 0.635 bits per heavy atom. The first kappa shape index (κ1) is 79.1. The van der Waals surface area contributed by atoms with Gasteiger partial charge >= 0.3 is 17.9 Å². The molecule has 0 rings (SSSR count). The third-order valence-electron chi connectivity index (χ3n) is 12.8. The molecule has 2 unspecified atom stereocenters. The minimum Gasteiger partial charge on any atom is -0.477 e. The predicted molar refractivity (Wildman–Crippen MR) is 363 cm³/mol. The highest BCUT2D eigenvalue weighted by Crippen LogP contribution is 2.13. The van der Waals surface area contributed by atoms with Gasteiger partial charge in [-0.25, -0.2) is 4.79 Å². The Hall–Kier alpha value is -5.87. The molecule has 0 saturated heterocycles. The quantitative estimate of drug-likeness (QED) is 0.0211. The lowest BCUT2D eigenvalue weighted by Gasteiger charge is -2.25. The molecule has 0 aliphatic rings. The van der Waals surface area contributed by atoms with Crippen molar-refractivity contribution in [3.63, 3.8) is 0 Å². The number of quaternary nitrogens is 1. The number of allylic oxidation sites excluding steroid dienone is 32. The highest BCUT2D eigenvalue weighted by Gasteiger charge is 2.25. The highest BCUT2D eigenvalue weighted by atomic mass is 16.7. The Balaban J connectivity index is 4.34. The zero-order valence-electron chi connectivity index (χ0n) is 53.9. The zero-order valence-corrected chi connectivity index (χ0v) is 53.9. The second kappa shape index (κ2) is 64.1. The molecule has 0 aliphatic heterocycles. The SMILES string of the molecule is CC/C=C\C/C=C\C/C=C\C/C=C\C/C=C\C/C=C\C/C=C\C/C=C\C/C=C\C/C=C\CCCCCCC(=O)OC(COC(=O)CCCCCCCC/C=C\C/C=C\C/C=C\C/C=C\C/C=C\C/C=C\CC)COC(OCC[N+](C)(C)C)C(=O)O. The summed E-state index contributed by atoms with van der Waals surface area (Å²) in [6.45, 7) is 4.56. The van der Waals surface area contributed by atoms with E-state index in [1.54, 1.807) is 0 Å². The van der Waals surface area contributed by atoms with Crippen molar-refractivity contribution in [3.05, 3.63) is 194 Å². The molecule has 0 radical (unpaired) electrons. The molecule has 0 amide bonds. The van der Waals surface area contributed by atoms with Crippen LogP contribution in [0.2, 0.25) is 0 Å². The van der Waals surface area contributed by atoms with E-state index in [0.29, 0.717) is 23.9 Å².